The summed E-state index contributed by atoms with van der Waals surface area (Å²) in [5, 5.41) is 67.8. The van der Waals surface area contributed by atoms with Gasteiger partial charge >= 0.3 is 0 Å². The number of benzene rings is 1. The molecule has 0 bridgehead atoms. The van der Waals surface area contributed by atoms with Crippen molar-refractivity contribution in [1.82, 2.24) is 106 Å². The number of primary amides is 1. The molecule has 125 heavy (non-hydrogen) atoms. The average Bonchev–Trinajstić information content (AvgIpc) is 1.72. The third-order valence-corrected chi connectivity index (χ3v) is 20.0. The first-order valence-corrected chi connectivity index (χ1v) is 42.3. The molecule has 1 aromatic carbocycles. The molecule has 2 rings (SSSR count). The molecule has 0 aliphatic heterocycles. The Hall–Kier alpha value is -11.3. The predicted molar refractivity (Wildman–Crippen MR) is 463 cm³/mol. The van der Waals surface area contributed by atoms with E-state index < -0.39 is 284 Å². The summed E-state index contributed by atoms with van der Waals surface area (Å²) in [5.74, 6) is -21.8. The first-order chi connectivity index (χ1) is 58.3. The van der Waals surface area contributed by atoms with Gasteiger partial charge in [-0.05, 0) is 87.2 Å². The van der Waals surface area contributed by atoms with Crippen LogP contribution in [0.5, 0.6) is 0 Å². The van der Waals surface area contributed by atoms with Gasteiger partial charge < -0.3 is 128 Å². The number of carbonyl (C=O) groups excluding carboxylic acids is 20. The van der Waals surface area contributed by atoms with Crippen molar-refractivity contribution in [3.05, 3.63) is 36.0 Å². The molecule has 1 aromatic heterocycles. The Labute approximate surface area is 736 Å². The number of rotatable bonds is 53. The van der Waals surface area contributed by atoms with Crippen LogP contribution in [-0.2, 0) is 102 Å². The second-order valence-corrected chi connectivity index (χ2v) is 33.3. The molecule has 46 heteroatoms. The zero-order valence-electron chi connectivity index (χ0n) is 73.8. The van der Waals surface area contributed by atoms with Gasteiger partial charge in [-0.15, -0.1) is 0 Å². The number of para-hydroxylation sites is 1. The first-order valence-electron chi connectivity index (χ1n) is 41.0. The zero-order chi connectivity index (χ0) is 95.3. The Kier molecular flexibility index (Phi) is 47.3. The lowest BCUT2D eigenvalue weighted by atomic mass is 9.97. The van der Waals surface area contributed by atoms with Crippen molar-refractivity contribution in [3.63, 3.8) is 0 Å². The molecule has 0 spiro atoms. The molecule has 16 atom stereocenters. The van der Waals surface area contributed by atoms with Gasteiger partial charge in [-0.1, -0.05) is 115 Å². The second kappa shape index (κ2) is 53.8. The molecule has 44 nitrogen and oxygen atoms in total. The van der Waals surface area contributed by atoms with Gasteiger partial charge in [0.15, 0.2) is 0 Å². The molecule has 0 fully saturated rings. The summed E-state index contributed by atoms with van der Waals surface area (Å²) >= 11 is 8.35. The van der Waals surface area contributed by atoms with Crippen LogP contribution in [0.25, 0.3) is 10.9 Å². The van der Waals surface area contributed by atoms with Crippen LogP contribution < -0.4 is 112 Å². The summed E-state index contributed by atoms with van der Waals surface area (Å²) in [6.45, 7) is 23.3. The lowest BCUT2D eigenvalue weighted by Crippen LogP contribution is -2.62. The highest BCUT2D eigenvalue weighted by molar-refractivity contribution is 7.80. The van der Waals surface area contributed by atoms with E-state index in [2.05, 4.69) is 131 Å². The predicted octanol–water partition coefficient (Wildman–Crippen LogP) is -7.83. The van der Waals surface area contributed by atoms with E-state index in [1.54, 1.807) is 89.3 Å². The van der Waals surface area contributed by atoms with Crippen LogP contribution in [0.15, 0.2) is 30.5 Å². The minimum absolute atomic E-state index is 0.0115. The minimum atomic E-state index is -1.77. The fourth-order valence-corrected chi connectivity index (χ4v) is 12.5. The molecule has 16 unspecified atom stereocenters. The molecular weight excluding hydrogens is 1670 g/mol. The van der Waals surface area contributed by atoms with Crippen molar-refractivity contribution < 1.29 is 106 Å². The first kappa shape index (κ1) is 110. The van der Waals surface area contributed by atoms with Gasteiger partial charge in [0.2, 0.25) is 118 Å². The van der Waals surface area contributed by atoms with Crippen LogP contribution in [0, 0.1) is 41.4 Å². The normalized spacial score (nSPS) is 15.2. The van der Waals surface area contributed by atoms with Crippen molar-refractivity contribution in [2.45, 2.75) is 234 Å². The molecule has 700 valence electrons. The highest BCUT2D eigenvalue weighted by atomic mass is 32.1. The molecule has 2 aromatic rings. The molecule has 0 saturated carbocycles. The maximum Gasteiger partial charge on any atom is 0.245 e. The van der Waals surface area contributed by atoms with Gasteiger partial charge in [0.1, 0.15) is 90.6 Å². The highest BCUT2D eigenvalue weighted by Crippen LogP contribution is 2.20. The quantitative estimate of drug-likeness (QED) is 0.0274. The van der Waals surface area contributed by atoms with Crippen LogP contribution >= 0.6 is 25.3 Å². The van der Waals surface area contributed by atoms with Gasteiger partial charge in [0, 0.05) is 35.0 Å². The number of H-pyrrole nitrogens is 1. The van der Waals surface area contributed by atoms with Gasteiger partial charge in [-0.2, -0.15) is 25.3 Å². The number of amides is 20. The molecule has 26 N–H and O–H groups in total. The fourth-order valence-electron chi connectivity index (χ4n) is 12.0. The van der Waals surface area contributed by atoms with E-state index in [9.17, 15) is 106 Å². The van der Waals surface area contributed by atoms with E-state index in [0.29, 0.717) is 5.56 Å². The number of aliphatic hydroxyl groups excluding tert-OH is 2. The molecule has 20 amide bonds. The molecule has 1 heterocycles. The van der Waals surface area contributed by atoms with E-state index in [-0.39, 0.29) is 36.2 Å². The average molecular weight is 1800 g/mol. The Morgan fingerprint density at radius 3 is 1.13 bits per heavy atom. The minimum Gasteiger partial charge on any atom is -0.394 e. The number of aromatic amines is 1. The number of hydrogen-bond acceptors (Lipinski definition) is 25. The smallest absolute Gasteiger partial charge is 0.245 e. The number of fused-ring (bicyclic) bond motifs is 1. The summed E-state index contributed by atoms with van der Waals surface area (Å²) in [4.78, 5) is 269. The van der Waals surface area contributed by atoms with Crippen LogP contribution in [0.3, 0.4) is 0 Å². The van der Waals surface area contributed by atoms with Crippen molar-refractivity contribution in [1.29, 1.82) is 0 Å². The Morgan fingerprint density at radius 1 is 0.344 bits per heavy atom. The maximum absolute atomic E-state index is 14.1. The van der Waals surface area contributed by atoms with Crippen LogP contribution in [0.4, 0.5) is 0 Å². The van der Waals surface area contributed by atoms with Crippen molar-refractivity contribution in [3.8, 4) is 0 Å². The fraction of sp³-hybridized carbons (Fsp3) is 0.646. The van der Waals surface area contributed by atoms with Crippen LogP contribution in [0.1, 0.15) is 137 Å². The van der Waals surface area contributed by atoms with Gasteiger partial charge in [-0.25, -0.2) is 0 Å². The summed E-state index contributed by atoms with van der Waals surface area (Å²) in [7, 11) is 0. The number of thiol groups is 2. The van der Waals surface area contributed by atoms with Gasteiger partial charge in [0.25, 0.3) is 0 Å². The largest absolute Gasteiger partial charge is 0.394 e. The van der Waals surface area contributed by atoms with Crippen molar-refractivity contribution in [2.75, 3.05) is 50.8 Å². The van der Waals surface area contributed by atoms with Gasteiger partial charge in [-0.3, -0.25) is 95.9 Å². The monoisotopic (exact) mass is 1800 g/mol. The lowest BCUT2D eigenvalue weighted by molar-refractivity contribution is -0.137. The molecule has 0 saturated heterocycles. The van der Waals surface area contributed by atoms with E-state index in [1.165, 1.54) is 34.6 Å². The number of hydrogen-bond donors (Lipinski definition) is 26. The lowest BCUT2D eigenvalue weighted by Gasteiger charge is -2.30. The zero-order valence-corrected chi connectivity index (χ0v) is 75.6. The standard InChI is InChI=1S/C79H130N22O22S2/c1-34(2)23-48(71(115)88-42(16)67(111)92-50(31-102)69(113)84-27-54(105)83-28-56(107)95-60(37(7)8)77(121)97-58(35(3)4)65(81)109)91-76(120)62(39(11)12)100-78(122)63(40(13)14)101-79(123)64(44(18)103)96-57(108)30-85-70(114)51(32-124)93-66(110)41(15)87-55(106)29-86-74(118)59(36(5)6)98-73(117)52(33-125)94-68(112)43(17)89-75(119)61(38(9)10)99-72(116)49(90-53(104)25-80)24-45-26-82-47-22-20-19-21-46(45)47/h19-22,26,34-44,48-52,58-64,82,102-103,124-125H,23-25,27-33,80H2,1-18H3,(H2,81,109)(H,83,105)(H,84,113)(H,85,114)(H,86,118)(H,87,106)(H,88,115)(H,89,119)(H,90,104)(H,91,120)(H,92,111)(H,93,110)(H,94,112)(H,95,107)(H,96,108)(H,97,121)(H,98,117)(H,99,116)(H,100,122)(H,101,123). The van der Waals surface area contributed by atoms with Crippen molar-refractivity contribution >= 4 is 154 Å². The third kappa shape index (κ3) is 37.2. The molecule has 0 radical (unpaired) electrons. The SMILES string of the molecule is CC(C)CC(NC(=O)C(NC(=O)C(NC(=O)C(NC(=O)CNC(=O)C(CS)NC(=O)C(C)NC(=O)CNC(=O)C(NC(=O)C(CS)NC(=O)C(C)NC(=O)C(NC(=O)C(Cc1c[nH]c2ccccc12)NC(=O)CN)C(C)C)C(C)C)C(C)O)C(C)C)C(C)C)C(=O)NC(C)C(=O)NC(CO)C(=O)NCC(=O)NCC(=O)NC(C(=O)NC(C(N)=O)C(C)C)C(C)C. The molecular formula is C79H130N22O22S2. The second-order valence-electron chi connectivity index (χ2n) is 32.6. The Balaban J connectivity index is 2.00. The van der Waals surface area contributed by atoms with Crippen molar-refractivity contribution in [2.24, 2.45) is 52.9 Å². The van der Waals surface area contributed by atoms with E-state index in [1.807, 2.05) is 24.3 Å². The topological polar surface area (TPSA) is 678 Å². The number of carbonyl (C=O) groups is 20. The number of aliphatic hydroxyl groups is 2. The summed E-state index contributed by atoms with van der Waals surface area (Å²) in [5.41, 5.74) is 12.5. The van der Waals surface area contributed by atoms with E-state index in [0.717, 1.165) is 17.8 Å². The number of nitrogens with one attached hydrogen (secondary N) is 20. The number of aromatic nitrogens is 1. The van der Waals surface area contributed by atoms with E-state index in [4.69, 9.17) is 11.5 Å². The van der Waals surface area contributed by atoms with E-state index >= 15 is 0 Å². The molecule has 0 aliphatic rings. The third-order valence-electron chi connectivity index (χ3n) is 19.3. The Morgan fingerprint density at radius 2 is 0.680 bits per heavy atom. The summed E-state index contributed by atoms with van der Waals surface area (Å²) < 4.78 is 0. The Bertz CT molecular complexity index is 4110. The van der Waals surface area contributed by atoms with Crippen LogP contribution in [-0.4, -0.2) is 281 Å². The van der Waals surface area contributed by atoms with Crippen LogP contribution in [0.2, 0.25) is 0 Å². The van der Waals surface area contributed by atoms with Gasteiger partial charge in [0.05, 0.1) is 45.4 Å². The summed E-state index contributed by atoms with van der Waals surface area (Å²) in [6.07, 6.45) is 0.0902. The number of nitrogens with two attached hydrogens (primary N) is 2. The highest BCUT2D eigenvalue weighted by Gasteiger charge is 2.39. The maximum atomic E-state index is 14.1. The summed E-state index contributed by atoms with van der Waals surface area (Å²) in [6, 6.07) is -13.0. The molecule has 0 aliphatic carbocycles.